The Bertz CT molecular complexity index is 926. The predicted molar refractivity (Wildman–Crippen MR) is 120 cm³/mol. The third kappa shape index (κ3) is 5.58. The topological polar surface area (TPSA) is 62.6 Å². The van der Waals surface area contributed by atoms with Crippen molar-refractivity contribution in [1.82, 2.24) is 10.2 Å². The molecule has 1 fully saturated rings. The van der Waals surface area contributed by atoms with Crippen molar-refractivity contribution in [3.05, 3.63) is 64.5 Å². The maximum absolute atomic E-state index is 12.7. The average molecular weight is 429 g/mol. The van der Waals surface area contributed by atoms with E-state index in [0.717, 1.165) is 5.56 Å². The summed E-state index contributed by atoms with van der Waals surface area (Å²) in [6.45, 7) is 7.08. The molecule has 0 spiro atoms. The fraction of sp³-hybridized carbons (Fsp3) is 0.318. The summed E-state index contributed by atoms with van der Waals surface area (Å²) < 4.78 is 5.66. The fourth-order valence-electron chi connectivity index (χ4n) is 2.82. The summed E-state index contributed by atoms with van der Waals surface area (Å²) in [4.78, 5) is 26.8. The van der Waals surface area contributed by atoms with Crippen LogP contribution in [0.1, 0.15) is 44.1 Å². The first kappa shape index (κ1) is 21.3. The van der Waals surface area contributed by atoms with Gasteiger partial charge in [-0.3, -0.25) is 14.5 Å². The molecule has 1 saturated heterocycles. The minimum Gasteiger partial charge on any atom is -0.467 e. The van der Waals surface area contributed by atoms with Crippen molar-refractivity contribution in [2.24, 2.45) is 0 Å². The van der Waals surface area contributed by atoms with E-state index in [1.54, 1.807) is 18.4 Å². The van der Waals surface area contributed by atoms with E-state index < -0.39 is 0 Å². The van der Waals surface area contributed by atoms with Gasteiger partial charge < -0.3 is 9.73 Å². The van der Waals surface area contributed by atoms with Gasteiger partial charge in [-0.05, 0) is 34.8 Å². The SMILES string of the molecule is CC(C)(C)c1ccc(/C=C2\SC(=S)N(CCC(=O)NCc3ccco3)C2=O)cc1. The van der Waals surface area contributed by atoms with Gasteiger partial charge in [0.2, 0.25) is 5.91 Å². The van der Waals surface area contributed by atoms with Crippen molar-refractivity contribution in [3.63, 3.8) is 0 Å². The van der Waals surface area contributed by atoms with Crippen molar-refractivity contribution in [1.29, 1.82) is 0 Å². The molecule has 7 heteroatoms. The van der Waals surface area contributed by atoms with Crippen molar-refractivity contribution in [2.45, 2.75) is 39.2 Å². The van der Waals surface area contributed by atoms with Gasteiger partial charge in [0.15, 0.2) is 0 Å². The van der Waals surface area contributed by atoms with Gasteiger partial charge in [0.25, 0.3) is 5.91 Å². The molecular weight excluding hydrogens is 404 g/mol. The number of rotatable bonds is 6. The highest BCUT2D eigenvalue weighted by Gasteiger charge is 2.32. The lowest BCUT2D eigenvalue weighted by atomic mass is 9.87. The fourth-order valence-corrected chi connectivity index (χ4v) is 4.13. The molecule has 2 heterocycles. The molecular formula is C22H24N2O3S2. The molecule has 152 valence electrons. The molecule has 5 nitrogen and oxygen atoms in total. The summed E-state index contributed by atoms with van der Waals surface area (Å²) in [5, 5.41) is 2.77. The number of nitrogens with one attached hydrogen (secondary N) is 1. The van der Waals surface area contributed by atoms with E-state index in [-0.39, 0.29) is 30.2 Å². The average Bonchev–Trinajstić information content (AvgIpc) is 3.27. The molecule has 1 aliphatic heterocycles. The number of thiocarbonyl (C=S) groups is 1. The lowest BCUT2D eigenvalue weighted by Crippen LogP contribution is -2.33. The van der Waals surface area contributed by atoms with Crippen LogP contribution < -0.4 is 5.32 Å². The van der Waals surface area contributed by atoms with E-state index in [0.29, 0.717) is 21.5 Å². The van der Waals surface area contributed by atoms with Crippen LogP contribution in [0.2, 0.25) is 0 Å². The smallest absolute Gasteiger partial charge is 0.266 e. The van der Waals surface area contributed by atoms with E-state index in [1.165, 1.54) is 22.2 Å². The van der Waals surface area contributed by atoms with Gasteiger partial charge in [0, 0.05) is 13.0 Å². The van der Waals surface area contributed by atoms with Gasteiger partial charge in [0.05, 0.1) is 17.7 Å². The molecule has 29 heavy (non-hydrogen) atoms. The summed E-state index contributed by atoms with van der Waals surface area (Å²) in [5.41, 5.74) is 2.27. The number of carbonyl (C=O) groups excluding carboxylic acids is 2. The second-order valence-corrected chi connectivity index (χ2v) is 9.49. The van der Waals surface area contributed by atoms with E-state index in [4.69, 9.17) is 16.6 Å². The first-order chi connectivity index (χ1) is 13.7. The molecule has 2 amide bonds. The number of hydrogen-bond acceptors (Lipinski definition) is 5. The molecule has 3 rings (SSSR count). The third-order valence-electron chi connectivity index (χ3n) is 4.55. The van der Waals surface area contributed by atoms with Crippen LogP contribution in [0, 0.1) is 0 Å². The number of nitrogens with zero attached hydrogens (tertiary/aromatic N) is 1. The zero-order valence-corrected chi connectivity index (χ0v) is 18.4. The van der Waals surface area contributed by atoms with Crippen LogP contribution in [-0.2, 0) is 21.5 Å². The summed E-state index contributed by atoms with van der Waals surface area (Å²) in [6, 6.07) is 11.7. The minimum absolute atomic E-state index is 0.0828. The molecule has 0 unspecified atom stereocenters. The summed E-state index contributed by atoms with van der Waals surface area (Å²) >= 11 is 6.61. The van der Waals surface area contributed by atoms with Crippen molar-refractivity contribution in [3.8, 4) is 0 Å². The Kier molecular flexibility index (Phi) is 6.59. The standard InChI is InChI=1S/C22H24N2O3S2/c1-22(2,3)16-8-6-15(7-9-16)13-18-20(26)24(21(28)29-18)11-10-19(25)23-14-17-5-4-12-27-17/h4-9,12-13H,10-11,14H2,1-3H3,(H,23,25)/b18-13-. The number of benzene rings is 1. The van der Waals surface area contributed by atoms with Gasteiger partial charge in [-0.25, -0.2) is 0 Å². The predicted octanol–water partition coefficient (Wildman–Crippen LogP) is 4.48. The maximum atomic E-state index is 12.7. The monoisotopic (exact) mass is 428 g/mol. The van der Waals surface area contributed by atoms with Crippen LogP contribution in [0.25, 0.3) is 6.08 Å². The highest BCUT2D eigenvalue weighted by Crippen LogP contribution is 2.33. The number of thioether (sulfide) groups is 1. The molecule has 0 aliphatic carbocycles. The summed E-state index contributed by atoms with van der Waals surface area (Å²) in [5.74, 6) is 0.375. The van der Waals surface area contributed by atoms with Crippen LogP contribution in [0.3, 0.4) is 0 Å². The Hall–Kier alpha value is -2.38. The Balaban J connectivity index is 1.57. The third-order valence-corrected chi connectivity index (χ3v) is 5.93. The van der Waals surface area contributed by atoms with Gasteiger partial charge in [-0.2, -0.15) is 0 Å². The molecule has 1 aromatic carbocycles. The van der Waals surface area contributed by atoms with Crippen LogP contribution in [0.4, 0.5) is 0 Å². The highest BCUT2D eigenvalue weighted by atomic mass is 32.2. The quantitative estimate of drug-likeness (QED) is 0.543. The van der Waals surface area contributed by atoms with Crippen LogP contribution >= 0.6 is 24.0 Å². The van der Waals surface area contributed by atoms with Crippen molar-refractivity contribution >= 4 is 46.2 Å². The summed E-state index contributed by atoms with van der Waals surface area (Å²) in [6.07, 6.45) is 3.59. The number of carbonyl (C=O) groups is 2. The first-order valence-electron chi connectivity index (χ1n) is 9.39. The molecule has 0 atom stereocenters. The second kappa shape index (κ2) is 8.97. The number of amides is 2. The zero-order valence-electron chi connectivity index (χ0n) is 16.7. The molecule has 0 radical (unpaired) electrons. The largest absolute Gasteiger partial charge is 0.467 e. The Morgan fingerprint density at radius 2 is 1.97 bits per heavy atom. The van der Waals surface area contributed by atoms with Crippen molar-refractivity contribution < 1.29 is 14.0 Å². The van der Waals surface area contributed by atoms with Crippen LogP contribution in [-0.4, -0.2) is 27.6 Å². The minimum atomic E-state index is -0.155. The van der Waals surface area contributed by atoms with Gasteiger partial charge in [-0.15, -0.1) is 0 Å². The zero-order chi connectivity index (χ0) is 21.0. The van der Waals surface area contributed by atoms with Crippen LogP contribution in [0.15, 0.2) is 52.0 Å². The van der Waals surface area contributed by atoms with E-state index in [2.05, 4.69) is 38.2 Å². The summed E-state index contributed by atoms with van der Waals surface area (Å²) in [7, 11) is 0. The normalized spacial score (nSPS) is 16.0. The van der Waals surface area contributed by atoms with Crippen molar-refractivity contribution in [2.75, 3.05) is 6.54 Å². The number of hydrogen-bond donors (Lipinski definition) is 1. The first-order valence-corrected chi connectivity index (χ1v) is 10.6. The lowest BCUT2D eigenvalue weighted by Gasteiger charge is -2.18. The lowest BCUT2D eigenvalue weighted by molar-refractivity contribution is -0.124. The number of furan rings is 1. The van der Waals surface area contributed by atoms with Gasteiger partial charge >= 0.3 is 0 Å². The van der Waals surface area contributed by atoms with E-state index in [1.807, 2.05) is 18.2 Å². The second-order valence-electron chi connectivity index (χ2n) is 7.81. The Labute approximate surface area is 180 Å². The molecule has 2 aromatic rings. The maximum Gasteiger partial charge on any atom is 0.266 e. The molecule has 1 aliphatic rings. The molecule has 1 N–H and O–H groups in total. The highest BCUT2D eigenvalue weighted by molar-refractivity contribution is 8.26. The van der Waals surface area contributed by atoms with Crippen LogP contribution in [0.5, 0.6) is 0 Å². The Morgan fingerprint density at radius 3 is 2.59 bits per heavy atom. The van der Waals surface area contributed by atoms with E-state index in [9.17, 15) is 9.59 Å². The van der Waals surface area contributed by atoms with E-state index >= 15 is 0 Å². The van der Waals surface area contributed by atoms with Gasteiger partial charge in [-0.1, -0.05) is 69.0 Å². The molecule has 1 aromatic heterocycles. The molecule has 0 saturated carbocycles. The van der Waals surface area contributed by atoms with Gasteiger partial charge in [0.1, 0.15) is 10.1 Å². The Morgan fingerprint density at radius 1 is 1.24 bits per heavy atom. The molecule has 0 bridgehead atoms.